The summed E-state index contributed by atoms with van der Waals surface area (Å²) in [5.74, 6) is 0.0516. The first-order chi connectivity index (χ1) is 8.91. The topological polar surface area (TPSA) is 72.9 Å². The third-order valence-corrected chi connectivity index (χ3v) is 4.24. The molecule has 0 bridgehead atoms. The highest BCUT2D eigenvalue weighted by Gasteiger charge is 2.43. The van der Waals surface area contributed by atoms with E-state index in [1.807, 2.05) is 18.5 Å². The molecule has 0 radical (unpaired) electrons. The number of carbonyl (C=O) groups is 1. The van der Waals surface area contributed by atoms with Gasteiger partial charge in [-0.15, -0.1) is 0 Å². The smallest absolute Gasteiger partial charge is 0.231 e. The molecule has 0 spiro atoms. The summed E-state index contributed by atoms with van der Waals surface area (Å²) < 4.78 is 1.95. The molecule has 0 atom stereocenters. The van der Waals surface area contributed by atoms with Crippen molar-refractivity contribution in [3.63, 3.8) is 0 Å². The van der Waals surface area contributed by atoms with Crippen LogP contribution in [0.1, 0.15) is 50.5 Å². The first-order valence-electron chi connectivity index (χ1n) is 6.98. The number of carbonyl (C=O) groups excluding carboxylic acids is 1. The second kappa shape index (κ2) is 4.96. The quantitative estimate of drug-likeness (QED) is 0.875. The zero-order valence-corrected chi connectivity index (χ0v) is 12.3. The number of amides is 1. The maximum atomic E-state index is 12.4. The van der Waals surface area contributed by atoms with E-state index >= 15 is 0 Å². The Balaban J connectivity index is 2.22. The van der Waals surface area contributed by atoms with Crippen LogP contribution in [-0.4, -0.2) is 22.2 Å². The molecule has 0 unspecified atom stereocenters. The molecule has 3 N–H and O–H groups in total. The lowest BCUT2D eigenvalue weighted by Gasteiger charge is -2.39. The molecule has 1 aromatic heterocycles. The predicted molar refractivity (Wildman–Crippen MR) is 76.1 cm³/mol. The number of hydrogen-bond donors (Lipinski definition) is 2. The minimum atomic E-state index is -0.348. The van der Waals surface area contributed by atoms with Crippen molar-refractivity contribution in [3.05, 3.63) is 11.4 Å². The van der Waals surface area contributed by atoms with Gasteiger partial charge in [-0.3, -0.25) is 9.48 Å². The lowest BCUT2D eigenvalue weighted by molar-refractivity contribution is -0.129. The number of nitrogens with zero attached hydrogens (tertiary/aromatic N) is 2. The van der Waals surface area contributed by atoms with Crippen molar-refractivity contribution in [2.45, 2.75) is 53.0 Å². The average Bonchev–Trinajstić information content (AvgIpc) is 2.56. The largest absolute Gasteiger partial charge is 0.329 e. The van der Waals surface area contributed by atoms with Crippen LogP contribution < -0.4 is 11.1 Å². The molecule has 0 saturated heterocycles. The monoisotopic (exact) mass is 264 g/mol. The minimum Gasteiger partial charge on any atom is -0.329 e. The van der Waals surface area contributed by atoms with Crippen molar-refractivity contribution in [1.29, 1.82) is 0 Å². The second-order valence-electron chi connectivity index (χ2n) is 5.88. The summed E-state index contributed by atoms with van der Waals surface area (Å²) in [5.41, 5.74) is 8.14. The number of anilines is 1. The number of aromatic nitrogens is 2. The zero-order valence-electron chi connectivity index (χ0n) is 12.3. The maximum absolute atomic E-state index is 12.4. The highest BCUT2D eigenvalue weighted by atomic mass is 16.2. The fourth-order valence-electron chi connectivity index (χ4n) is 2.72. The van der Waals surface area contributed by atoms with Crippen LogP contribution in [0.5, 0.6) is 0 Å². The minimum absolute atomic E-state index is 0.0516. The molecule has 1 aliphatic carbocycles. The first-order valence-corrected chi connectivity index (χ1v) is 6.98. The van der Waals surface area contributed by atoms with Crippen molar-refractivity contribution >= 4 is 11.6 Å². The molecular weight excluding hydrogens is 240 g/mol. The van der Waals surface area contributed by atoms with Gasteiger partial charge in [0, 0.05) is 12.6 Å². The van der Waals surface area contributed by atoms with E-state index in [4.69, 9.17) is 5.73 Å². The molecule has 5 nitrogen and oxygen atoms in total. The fraction of sp³-hybridized carbons (Fsp3) is 0.714. The number of aryl methyl sites for hydroxylation is 1. The summed E-state index contributed by atoms with van der Waals surface area (Å²) in [4.78, 5) is 12.4. The van der Waals surface area contributed by atoms with Crippen LogP contribution in [-0.2, 0) is 4.79 Å². The molecule has 1 amide bonds. The van der Waals surface area contributed by atoms with Gasteiger partial charge in [0.25, 0.3) is 0 Å². The molecule has 1 fully saturated rings. The van der Waals surface area contributed by atoms with E-state index in [2.05, 4.69) is 24.3 Å². The Morgan fingerprint density at radius 3 is 2.47 bits per heavy atom. The summed E-state index contributed by atoms with van der Waals surface area (Å²) >= 11 is 0. The Kier molecular flexibility index (Phi) is 3.67. The van der Waals surface area contributed by atoms with Gasteiger partial charge in [-0.1, -0.05) is 6.42 Å². The lowest BCUT2D eigenvalue weighted by atomic mass is 9.68. The van der Waals surface area contributed by atoms with Gasteiger partial charge in [-0.05, 0) is 40.5 Å². The van der Waals surface area contributed by atoms with Gasteiger partial charge in [0.15, 0.2) is 0 Å². The van der Waals surface area contributed by atoms with Gasteiger partial charge >= 0.3 is 0 Å². The molecule has 1 heterocycles. The van der Waals surface area contributed by atoms with Crippen LogP contribution in [0.15, 0.2) is 0 Å². The number of hydrogen-bond acceptors (Lipinski definition) is 3. The molecule has 2 rings (SSSR count). The molecule has 0 aromatic carbocycles. The van der Waals surface area contributed by atoms with Crippen molar-refractivity contribution in [3.8, 4) is 0 Å². The van der Waals surface area contributed by atoms with E-state index in [0.29, 0.717) is 6.54 Å². The molecule has 1 aromatic rings. The SMILES string of the molecule is Cc1nn(C(C)C)c(C)c1NC(=O)C1(CN)CCC1. The molecular formula is C14H24N4O. The van der Waals surface area contributed by atoms with Gasteiger partial charge in [0.2, 0.25) is 5.91 Å². The molecule has 0 aliphatic heterocycles. The molecule has 19 heavy (non-hydrogen) atoms. The molecule has 5 heteroatoms. The Bertz CT molecular complexity index is 480. The highest BCUT2D eigenvalue weighted by molar-refractivity contribution is 5.97. The Labute approximate surface area is 114 Å². The maximum Gasteiger partial charge on any atom is 0.231 e. The van der Waals surface area contributed by atoms with Crippen LogP contribution in [0.25, 0.3) is 0 Å². The number of nitrogens with one attached hydrogen (secondary N) is 1. The van der Waals surface area contributed by atoms with E-state index in [9.17, 15) is 4.79 Å². The Morgan fingerprint density at radius 1 is 1.47 bits per heavy atom. The second-order valence-corrected chi connectivity index (χ2v) is 5.88. The van der Waals surface area contributed by atoms with Crippen molar-refractivity contribution in [2.75, 3.05) is 11.9 Å². The summed E-state index contributed by atoms with van der Waals surface area (Å²) in [6.07, 6.45) is 2.88. The van der Waals surface area contributed by atoms with Gasteiger partial charge < -0.3 is 11.1 Å². The average molecular weight is 264 g/mol. The number of rotatable bonds is 4. The van der Waals surface area contributed by atoms with Crippen LogP contribution in [0, 0.1) is 19.3 Å². The fourth-order valence-corrected chi connectivity index (χ4v) is 2.72. The van der Waals surface area contributed by atoms with Crippen LogP contribution in [0.4, 0.5) is 5.69 Å². The van der Waals surface area contributed by atoms with Crippen LogP contribution >= 0.6 is 0 Å². The summed E-state index contributed by atoms with van der Waals surface area (Å²) in [6, 6.07) is 0.288. The van der Waals surface area contributed by atoms with Crippen molar-refractivity contribution in [2.24, 2.45) is 11.1 Å². The Hall–Kier alpha value is -1.36. The normalized spacial score (nSPS) is 17.4. The van der Waals surface area contributed by atoms with Crippen LogP contribution in [0.3, 0.4) is 0 Å². The van der Waals surface area contributed by atoms with E-state index in [1.54, 1.807) is 0 Å². The van der Waals surface area contributed by atoms with Gasteiger partial charge in [0.1, 0.15) is 0 Å². The third-order valence-electron chi connectivity index (χ3n) is 4.24. The third kappa shape index (κ3) is 2.27. The summed E-state index contributed by atoms with van der Waals surface area (Å²) in [7, 11) is 0. The zero-order chi connectivity index (χ0) is 14.2. The van der Waals surface area contributed by atoms with Crippen LogP contribution in [0.2, 0.25) is 0 Å². The first kappa shape index (κ1) is 14.1. The lowest BCUT2D eigenvalue weighted by Crippen LogP contribution is -2.47. The van der Waals surface area contributed by atoms with E-state index in [1.165, 1.54) is 0 Å². The van der Waals surface area contributed by atoms with Gasteiger partial charge in [-0.25, -0.2) is 0 Å². The molecule has 106 valence electrons. The number of nitrogens with two attached hydrogens (primary N) is 1. The van der Waals surface area contributed by atoms with Crippen molar-refractivity contribution < 1.29 is 4.79 Å². The van der Waals surface area contributed by atoms with E-state index in [0.717, 1.165) is 36.3 Å². The standard InChI is InChI=1S/C14H24N4O/c1-9(2)18-11(4)12(10(3)17-18)16-13(19)14(8-15)6-5-7-14/h9H,5-8,15H2,1-4H3,(H,16,19). The van der Waals surface area contributed by atoms with Gasteiger partial charge in [0.05, 0.1) is 22.5 Å². The van der Waals surface area contributed by atoms with E-state index < -0.39 is 0 Å². The van der Waals surface area contributed by atoms with Crippen molar-refractivity contribution in [1.82, 2.24) is 9.78 Å². The summed E-state index contributed by atoms with van der Waals surface area (Å²) in [5, 5.41) is 7.53. The van der Waals surface area contributed by atoms with Gasteiger partial charge in [-0.2, -0.15) is 5.10 Å². The molecule has 1 aliphatic rings. The highest BCUT2D eigenvalue weighted by Crippen LogP contribution is 2.41. The predicted octanol–water partition coefficient (Wildman–Crippen LogP) is 2.15. The van der Waals surface area contributed by atoms with E-state index in [-0.39, 0.29) is 17.4 Å². The molecule has 1 saturated carbocycles. The Morgan fingerprint density at radius 2 is 2.11 bits per heavy atom. The summed E-state index contributed by atoms with van der Waals surface area (Å²) in [6.45, 7) is 8.51.